The zero-order valence-corrected chi connectivity index (χ0v) is 17.1. The van der Waals surface area contributed by atoms with Gasteiger partial charge in [-0.1, -0.05) is 61.0 Å². The van der Waals surface area contributed by atoms with Gasteiger partial charge in [-0.05, 0) is 35.2 Å². The minimum absolute atomic E-state index is 0.0593. The first-order chi connectivity index (χ1) is 13.9. The van der Waals surface area contributed by atoms with Crippen LogP contribution in [0.3, 0.4) is 0 Å². The van der Waals surface area contributed by atoms with Gasteiger partial charge in [0.2, 0.25) is 0 Å². The van der Waals surface area contributed by atoms with Gasteiger partial charge >= 0.3 is 5.97 Å². The predicted octanol–water partition coefficient (Wildman–Crippen LogP) is 4.72. The van der Waals surface area contributed by atoms with Crippen molar-refractivity contribution in [1.82, 2.24) is 0 Å². The molecule has 6 heteroatoms. The number of sulfone groups is 1. The number of carbonyl (C=O) groups is 1. The average Bonchev–Trinajstić information content (AvgIpc) is 2.73. The van der Waals surface area contributed by atoms with Crippen molar-refractivity contribution in [3.8, 4) is 16.9 Å². The van der Waals surface area contributed by atoms with E-state index in [1.54, 1.807) is 12.1 Å². The SMILES string of the molecule is COC(=O)CCCCCS(=O)(=O)c1cccc(-c2cccc3ccccc23)c1O. The van der Waals surface area contributed by atoms with Crippen LogP contribution in [-0.2, 0) is 19.4 Å². The minimum Gasteiger partial charge on any atom is -0.506 e. The molecule has 3 rings (SSSR count). The summed E-state index contributed by atoms with van der Waals surface area (Å²) in [4.78, 5) is 11.1. The Hall–Kier alpha value is -2.86. The molecule has 3 aromatic rings. The number of fused-ring (bicyclic) bond motifs is 1. The summed E-state index contributed by atoms with van der Waals surface area (Å²) in [5.41, 5.74) is 1.28. The number of benzene rings is 3. The predicted molar refractivity (Wildman–Crippen MR) is 114 cm³/mol. The molecule has 0 fully saturated rings. The van der Waals surface area contributed by atoms with Crippen LogP contribution in [0.2, 0.25) is 0 Å². The number of aromatic hydroxyl groups is 1. The van der Waals surface area contributed by atoms with Gasteiger partial charge in [0.05, 0.1) is 12.9 Å². The molecule has 0 amide bonds. The van der Waals surface area contributed by atoms with E-state index in [1.165, 1.54) is 13.2 Å². The third-order valence-electron chi connectivity index (χ3n) is 4.94. The number of methoxy groups -OCH3 is 1. The molecule has 0 radical (unpaired) electrons. The zero-order chi connectivity index (χ0) is 20.9. The summed E-state index contributed by atoms with van der Waals surface area (Å²) in [6.45, 7) is 0. The molecule has 0 aliphatic carbocycles. The first-order valence-electron chi connectivity index (χ1n) is 9.54. The highest BCUT2D eigenvalue weighted by Crippen LogP contribution is 2.38. The lowest BCUT2D eigenvalue weighted by molar-refractivity contribution is -0.140. The fourth-order valence-electron chi connectivity index (χ4n) is 3.40. The van der Waals surface area contributed by atoms with Crippen molar-refractivity contribution in [2.24, 2.45) is 0 Å². The number of esters is 1. The van der Waals surface area contributed by atoms with Crippen molar-refractivity contribution >= 4 is 26.6 Å². The van der Waals surface area contributed by atoms with Crippen molar-refractivity contribution in [1.29, 1.82) is 0 Å². The normalized spacial score (nSPS) is 11.5. The van der Waals surface area contributed by atoms with Gasteiger partial charge in [0, 0.05) is 12.0 Å². The second kappa shape index (κ2) is 9.09. The van der Waals surface area contributed by atoms with E-state index in [1.807, 2.05) is 42.5 Å². The molecule has 0 saturated carbocycles. The van der Waals surface area contributed by atoms with Gasteiger partial charge in [-0.15, -0.1) is 0 Å². The molecule has 0 spiro atoms. The van der Waals surface area contributed by atoms with Crippen LogP contribution < -0.4 is 0 Å². The smallest absolute Gasteiger partial charge is 0.305 e. The Bertz CT molecular complexity index is 1110. The number of hydrogen-bond donors (Lipinski definition) is 1. The number of unbranched alkanes of at least 4 members (excludes halogenated alkanes) is 2. The monoisotopic (exact) mass is 412 g/mol. The minimum atomic E-state index is -3.65. The molecular formula is C23H24O5S. The van der Waals surface area contributed by atoms with Crippen LogP contribution in [0.5, 0.6) is 5.75 Å². The molecule has 0 saturated heterocycles. The summed E-state index contributed by atoms with van der Waals surface area (Å²) in [5.74, 6) is -0.604. The van der Waals surface area contributed by atoms with E-state index in [2.05, 4.69) is 4.74 Å². The van der Waals surface area contributed by atoms with Crippen molar-refractivity contribution < 1.29 is 23.1 Å². The molecule has 5 nitrogen and oxygen atoms in total. The summed E-state index contributed by atoms with van der Waals surface area (Å²) in [6, 6.07) is 18.3. The van der Waals surface area contributed by atoms with Crippen molar-refractivity contribution in [3.05, 3.63) is 60.7 Å². The van der Waals surface area contributed by atoms with E-state index >= 15 is 0 Å². The van der Waals surface area contributed by atoms with Crippen LogP contribution in [0.25, 0.3) is 21.9 Å². The summed E-state index contributed by atoms with van der Waals surface area (Å²) < 4.78 is 30.2. The molecule has 152 valence electrons. The Balaban J connectivity index is 1.84. The topological polar surface area (TPSA) is 80.7 Å². The van der Waals surface area contributed by atoms with Gasteiger partial charge in [-0.2, -0.15) is 0 Å². The van der Waals surface area contributed by atoms with E-state index in [0.29, 0.717) is 24.8 Å². The van der Waals surface area contributed by atoms with Gasteiger partial charge in [-0.3, -0.25) is 4.79 Å². The molecule has 0 aromatic heterocycles. The fraction of sp³-hybridized carbons (Fsp3) is 0.261. The number of carbonyl (C=O) groups excluding carboxylic acids is 1. The van der Waals surface area contributed by atoms with Gasteiger partial charge in [-0.25, -0.2) is 8.42 Å². The summed E-state index contributed by atoms with van der Waals surface area (Å²) in [6.07, 6.45) is 1.86. The molecule has 0 atom stereocenters. The lowest BCUT2D eigenvalue weighted by atomic mass is 9.98. The maximum absolute atomic E-state index is 12.8. The quantitative estimate of drug-likeness (QED) is 0.428. The molecule has 0 bridgehead atoms. The lowest BCUT2D eigenvalue weighted by Gasteiger charge is -2.13. The highest BCUT2D eigenvalue weighted by Gasteiger charge is 2.21. The molecular weight excluding hydrogens is 388 g/mol. The Kier molecular flexibility index (Phi) is 6.54. The van der Waals surface area contributed by atoms with E-state index in [0.717, 1.165) is 16.3 Å². The third-order valence-corrected chi connectivity index (χ3v) is 6.76. The van der Waals surface area contributed by atoms with Crippen LogP contribution >= 0.6 is 0 Å². The molecule has 3 aromatic carbocycles. The average molecular weight is 413 g/mol. The van der Waals surface area contributed by atoms with Crippen molar-refractivity contribution in [3.63, 3.8) is 0 Å². The Morgan fingerprint density at radius 2 is 1.59 bits per heavy atom. The van der Waals surface area contributed by atoms with E-state index < -0.39 is 9.84 Å². The van der Waals surface area contributed by atoms with E-state index in [-0.39, 0.29) is 28.8 Å². The van der Waals surface area contributed by atoms with E-state index in [4.69, 9.17) is 0 Å². The number of phenolic OH excluding ortho intramolecular Hbond substituents is 1. The molecule has 0 unspecified atom stereocenters. The van der Waals surface area contributed by atoms with Crippen LogP contribution in [0.15, 0.2) is 65.6 Å². The Morgan fingerprint density at radius 3 is 2.38 bits per heavy atom. The first kappa shape index (κ1) is 20.9. The van der Waals surface area contributed by atoms with Gasteiger partial charge < -0.3 is 9.84 Å². The third kappa shape index (κ3) is 4.77. The Labute approximate surface area is 170 Å². The zero-order valence-electron chi connectivity index (χ0n) is 16.3. The maximum atomic E-state index is 12.8. The number of para-hydroxylation sites is 1. The molecule has 0 heterocycles. The van der Waals surface area contributed by atoms with Crippen LogP contribution in [-0.4, -0.2) is 32.4 Å². The molecule has 0 aliphatic rings. The second-order valence-corrected chi connectivity index (χ2v) is 8.96. The lowest BCUT2D eigenvalue weighted by Crippen LogP contribution is -2.08. The second-order valence-electron chi connectivity index (χ2n) is 6.88. The van der Waals surface area contributed by atoms with Crippen LogP contribution in [0.1, 0.15) is 25.7 Å². The van der Waals surface area contributed by atoms with Crippen LogP contribution in [0, 0.1) is 0 Å². The van der Waals surface area contributed by atoms with Crippen LogP contribution in [0.4, 0.5) is 0 Å². The number of rotatable bonds is 8. The summed E-state index contributed by atoms with van der Waals surface area (Å²) in [7, 11) is -2.32. The molecule has 0 aliphatic heterocycles. The highest BCUT2D eigenvalue weighted by molar-refractivity contribution is 7.91. The largest absolute Gasteiger partial charge is 0.506 e. The number of phenols is 1. The Morgan fingerprint density at radius 1 is 0.897 bits per heavy atom. The maximum Gasteiger partial charge on any atom is 0.305 e. The van der Waals surface area contributed by atoms with Gasteiger partial charge in [0.1, 0.15) is 10.6 Å². The number of ether oxygens (including phenoxy) is 1. The first-order valence-corrected chi connectivity index (χ1v) is 11.2. The van der Waals surface area contributed by atoms with Gasteiger partial charge in [0.15, 0.2) is 9.84 Å². The van der Waals surface area contributed by atoms with Crippen molar-refractivity contribution in [2.45, 2.75) is 30.6 Å². The summed E-state index contributed by atoms with van der Waals surface area (Å²) >= 11 is 0. The van der Waals surface area contributed by atoms with Crippen molar-refractivity contribution in [2.75, 3.05) is 12.9 Å². The van der Waals surface area contributed by atoms with Gasteiger partial charge in [0.25, 0.3) is 0 Å². The molecule has 1 N–H and O–H groups in total. The molecule has 29 heavy (non-hydrogen) atoms. The number of hydrogen-bond acceptors (Lipinski definition) is 5. The summed E-state index contributed by atoms with van der Waals surface area (Å²) in [5, 5.41) is 12.8. The highest BCUT2D eigenvalue weighted by atomic mass is 32.2. The standard InChI is InChI=1S/C23H24O5S/c1-28-22(24)15-3-2-6-16-29(26,27)21-14-8-13-20(23(21)25)19-12-7-10-17-9-4-5-11-18(17)19/h4-5,7-14,25H,2-3,6,15-16H2,1H3. The van der Waals surface area contributed by atoms with E-state index in [9.17, 15) is 18.3 Å². The fourth-order valence-corrected chi connectivity index (χ4v) is 4.90.